The number of hydrogen-bond acceptors (Lipinski definition) is 23. The van der Waals surface area contributed by atoms with Crippen molar-refractivity contribution in [3.8, 4) is 0 Å². The van der Waals surface area contributed by atoms with Crippen LogP contribution in [0, 0.1) is 5.92 Å². The van der Waals surface area contributed by atoms with Crippen LogP contribution < -0.4 is 0 Å². The Kier molecular flexibility index (Phi) is 47.7. The molecule has 11 N–H and O–H groups in total. The molecular formula is C70H131O24P. The van der Waals surface area contributed by atoms with Crippen molar-refractivity contribution in [3.63, 3.8) is 0 Å². The van der Waals surface area contributed by atoms with E-state index in [1.54, 1.807) is 0 Å². The summed E-state index contributed by atoms with van der Waals surface area (Å²) in [5.74, 6) is -1.28. The van der Waals surface area contributed by atoms with Crippen LogP contribution in [-0.4, -0.2) is 204 Å². The van der Waals surface area contributed by atoms with E-state index in [1.165, 1.54) is 128 Å². The number of ether oxygens (including phenoxy) is 7. The highest BCUT2D eigenvalue weighted by atomic mass is 31.2. The lowest BCUT2D eigenvalue weighted by atomic mass is 9.84. The van der Waals surface area contributed by atoms with Gasteiger partial charge in [0.05, 0.1) is 13.2 Å². The fourth-order valence-corrected chi connectivity index (χ4v) is 13.6. The van der Waals surface area contributed by atoms with E-state index in [2.05, 4.69) is 27.7 Å². The lowest BCUT2D eigenvalue weighted by Gasteiger charge is -2.49. The van der Waals surface area contributed by atoms with Crippen LogP contribution in [0.4, 0.5) is 0 Å². The molecule has 0 amide bonds. The van der Waals surface area contributed by atoms with Gasteiger partial charge in [0.1, 0.15) is 98.7 Å². The van der Waals surface area contributed by atoms with Crippen LogP contribution in [0.5, 0.6) is 0 Å². The highest BCUT2D eigenvalue weighted by Crippen LogP contribution is 2.49. The molecule has 95 heavy (non-hydrogen) atoms. The van der Waals surface area contributed by atoms with E-state index in [0.29, 0.717) is 25.2 Å². The van der Waals surface area contributed by atoms with E-state index < -0.39 is 156 Å². The lowest BCUT2D eigenvalue weighted by molar-refractivity contribution is -0.360. The molecule has 0 aromatic carbocycles. The Balaban J connectivity index is 1.74. The van der Waals surface area contributed by atoms with Crippen LogP contribution in [0.1, 0.15) is 291 Å². The van der Waals surface area contributed by atoms with Crippen molar-refractivity contribution < 1.29 is 117 Å². The van der Waals surface area contributed by atoms with Gasteiger partial charge in [-0.3, -0.25) is 23.4 Å². The summed E-state index contributed by atoms with van der Waals surface area (Å²) in [6, 6.07) is 0. The maximum atomic E-state index is 14.3. The average molecular weight is 1390 g/mol. The molecule has 2 heterocycles. The molecule has 19 unspecified atom stereocenters. The molecule has 0 spiro atoms. The third-order valence-electron chi connectivity index (χ3n) is 18.8. The number of hydrogen-bond donors (Lipinski definition) is 11. The van der Waals surface area contributed by atoms with Crippen molar-refractivity contribution in [2.24, 2.45) is 5.92 Å². The number of carbonyl (C=O) groups excluding carboxylic acids is 3. The minimum absolute atomic E-state index is 0.0309. The first-order valence-electron chi connectivity index (χ1n) is 37.2. The normalized spacial score (nSPS) is 28.4. The predicted molar refractivity (Wildman–Crippen MR) is 356 cm³/mol. The molecule has 1 aliphatic carbocycles. The van der Waals surface area contributed by atoms with Gasteiger partial charge in [0.25, 0.3) is 0 Å². The molecule has 3 fully saturated rings. The van der Waals surface area contributed by atoms with E-state index in [1.807, 2.05) is 0 Å². The Hall–Kier alpha value is -2.04. The molecule has 1 saturated carbocycles. The van der Waals surface area contributed by atoms with E-state index in [-0.39, 0.29) is 19.3 Å². The lowest BCUT2D eigenvalue weighted by Crippen LogP contribution is -2.69. The second-order valence-corrected chi connectivity index (χ2v) is 28.7. The van der Waals surface area contributed by atoms with Gasteiger partial charge in [0, 0.05) is 19.3 Å². The highest BCUT2D eigenvalue weighted by molar-refractivity contribution is 7.47. The average Bonchev–Trinajstić information content (AvgIpc) is 0.768. The topological polar surface area (TPSA) is 374 Å². The molecule has 19 atom stereocenters. The second kappa shape index (κ2) is 52.0. The Morgan fingerprint density at radius 3 is 1.14 bits per heavy atom. The van der Waals surface area contributed by atoms with E-state index in [9.17, 15) is 74.9 Å². The molecule has 560 valence electrons. The molecule has 3 rings (SSSR count). The first-order chi connectivity index (χ1) is 45.7. The molecule has 2 saturated heterocycles. The fourth-order valence-electron chi connectivity index (χ4n) is 12.6. The minimum Gasteiger partial charge on any atom is -0.463 e. The number of phosphoric acid groups is 1. The number of phosphoric ester groups is 1. The summed E-state index contributed by atoms with van der Waals surface area (Å²) in [7, 11) is -5.69. The zero-order valence-electron chi connectivity index (χ0n) is 58.4. The summed E-state index contributed by atoms with van der Waals surface area (Å²) in [6.07, 6.45) is 6.19. The van der Waals surface area contributed by atoms with Gasteiger partial charge in [-0.2, -0.15) is 0 Å². The maximum absolute atomic E-state index is 14.3. The smallest absolute Gasteiger partial charge is 0.463 e. The van der Waals surface area contributed by atoms with Gasteiger partial charge in [0.2, 0.25) is 0 Å². The zero-order valence-corrected chi connectivity index (χ0v) is 59.3. The standard InChI is InChI=1S/C70H131O24P/c1-5-8-11-14-17-19-21-23-25-27-33-38-43-54(72)86-47-51(89-56(74)45-40-35-28-26-24-22-20-18-15-12-9-6-2)48-88-95(84,85)94-68-66(92-69-64(82)59(77)57(75)52(46-71)90-69)62(80)61(79)63(81)67(68)93-70-65(83)60(78)58(76)53(91-70)49-87-55(73)44-39-34-30-29-32-37-42-50(4)41-36-31-16-13-10-7-3/h50-53,57-71,75-83H,5-49H2,1-4H3,(H,84,85). The van der Waals surface area contributed by atoms with E-state index in [4.69, 9.17) is 42.2 Å². The van der Waals surface area contributed by atoms with E-state index >= 15 is 0 Å². The van der Waals surface area contributed by atoms with Crippen LogP contribution in [-0.2, 0) is 61.2 Å². The summed E-state index contributed by atoms with van der Waals surface area (Å²) >= 11 is 0. The Morgan fingerprint density at radius 2 is 0.737 bits per heavy atom. The molecule has 0 aromatic heterocycles. The monoisotopic (exact) mass is 1390 g/mol. The second-order valence-electron chi connectivity index (χ2n) is 27.3. The number of esters is 3. The third-order valence-corrected chi connectivity index (χ3v) is 19.8. The fraction of sp³-hybridized carbons (Fsp3) is 0.957. The number of aliphatic hydroxyl groups excluding tert-OH is 10. The van der Waals surface area contributed by atoms with Crippen molar-refractivity contribution in [2.45, 2.75) is 395 Å². The summed E-state index contributed by atoms with van der Waals surface area (Å²) in [4.78, 5) is 50.9. The van der Waals surface area contributed by atoms with Crippen molar-refractivity contribution in [1.29, 1.82) is 0 Å². The molecule has 0 radical (unpaired) electrons. The van der Waals surface area contributed by atoms with Gasteiger partial charge in [-0.25, -0.2) is 4.57 Å². The van der Waals surface area contributed by atoms with Crippen LogP contribution in [0.3, 0.4) is 0 Å². The van der Waals surface area contributed by atoms with Gasteiger partial charge in [-0.05, 0) is 25.2 Å². The largest absolute Gasteiger partial charge is 0.472 e. The first kappa shape index (κ1) is 87.2. The molecular weight excluding hydrogens is 1260 g/mol. The number of unbranched alkanes of at least 4 members (excludes halogenated alkanes) is 32. The van der Waals surface area contributed by atoms with Gasteiger partial charge < -0.3 is 89.1 Å². The molecule has 24 nitrogen and oxygen atoms in total. The van der Waals surface area contributed by atoms with Crippen LogP contribution in [0.15, 0.2) is 0 Å². The van der Waals surface area contributed by atoms with Crippen LogP contribution in [0.25, 0.3) is 0 Å². The summed E-state index contributed by atoms with van der Waals surface area (Å²) in [6.45, 7) is 5.76. The highest BCUT2D eigenvalue weighted by Gasteiger charge is 2.58. The summed E-state index contributed by atoms with van der Waals surface area (Å²) < 4.78 is 65.0. The SMILES string of the molecule is CCCCCCCCCCCCCCC(=O)OCC(COP(=O)(O)OC1C(OC2OC(CO)C(O)C(O)C2O)C(O)C(O)C(O)C1OC1OC(COC(=O)CCCCCCCCC(C)CCCCCCCC)C(O)C(O)C1O)OC(=O)CCCCCCCCCCCCCC. The number of aliphatic hydroxyl groups is 10. The van der Waals surface area contributed by atoms with Gasteiger partial charge in [0.15, 0.2) is 18.7 Å². The van der Waals surface area contributed by atoms with Crippen molar-refractivity contribution >= 4 is 25.7 Å². The van der Waals surface area contributed by atoms with Crippen molar-refractivity contribution in [1.82, 2.24) is 0 Å². The molecule has 3 aliphatic rings. The number of carbonyl (C=O) groups is 3. The first-order valence-corrected chi connectivity index (χ1v) is 38.7. The van der Waals surface area contributed by atoms with Crippen LogP contribution in [0.2, 0.25) is 0 Å². The summed E-state index contributed by atoms with van der Waals surface area (Å²) in [5.41, 5.74) is 0. The molecule has 0 bridgehead atoms. The van der Waals surface area contributed by atoms with Crippen LogP contribution >= 0.6 is 7.82 Å². The van der Waals surface area contributed by atoms with Gasteiger partial charge in [-0.1, -0.05) is 252 Å². The van der Waals surface area contributed by atoms with Gasteiger partial charge >= 0.3 is 25.7 Å². The summed E-state index contributed by atoms with van der Waals surface area (Å²) in [5, 5.41) is 110. The minimum atomic E-state index is -5.69. The van der Waals surface area contributed by atoms with E-state index in [0.717, 1.165) is 96.3 Å². The van der Waals surface area contributed by atoms with Crippen molar-refractivity contribution in [2.75, 3.05) is 26.4 Å². The third kappa shape index (κ3) is 35.9. The van der Waals surface area contributed by atoms with Gasteiger partial charge in [-0.15, -0.1) is 0 Å². The quantitative estimate of drug-likeness (QED) is 0.0117. The Labute approximate surface area is 568 Å². The molecule has 0 aromatic rings. The Morgan fingerprint density at radius 1 is 0.400 bits per heavy atom. The maximum Gasteiger partial charge on any atom is 0.472 e. The zero-order chi connectivity index (χ0) is 69.8. The predicted octanol–water partition coefficient (Wildman–Crippen LogP) is 9.65. The number of rotatable bonds is 57. The molecule has 25 heteroatoms. The molecule has 2 aliphatic heterocycles. The Bertz CT molecular complexity index is 1990. The van der Waals surface area contributed by atoms with Crippen molar-refractivity contribution in [3.05, 3.63) is 0 Å².